The zero-order valence-corrected chi connectivity index (χ0v) is 16.5. The van der Waals surface area contributed by atoms with E-state index in [9.17, 15) is 4.79 Å². The maximum absolute atomic E-state index is 12.5. The quantitative estimate of drug-likeness (QED) is 0.371. The lowest BCUT2D eigenvalue weighted by molar-refractivity contribution is -0.121. The summed E-state index contributed by atoms with van der Waals surface area (Å²) in [4.78, 5) is 19.0. The first-order valence-electron chi connectivity index (χ1n) is 9.16. The number of nitrogens with two attached hydrogens (primary N) is 1. The minimum absolute atomic E-state index is 0.0287. The highest BCUT2D eigenvalue weighted by Gasteiger charge is 2.20. The summed E-state index contributed by atoms with van der Waals surface area (Å²) in [5.41, 5.74) is 12.1. The number of amides is 1. The molecule has 2 aromatic carbocycles. The molecule has 10 nitrogen and oxygen atoms in total. The fraction of sp³-hybridized carbons (Fsp3) is 0.150. The number of carbonyl (C=O) groups excluding carboxylic acids is 1. The number of nitrogen functional groups attached to an aromatic ring is 1. The third kappa shape index (κ3) is 3.83. The van der Waals surface area contributed by atoms with Crippen molar-refractivity contribution >= 4 is 34.7 Å². The average Bonchev–Trinajstić information content (AvgIpc) is 3.32. The average molecular weight is 404 g/mol. The van der Waals surface area contributed by atoms with E-state index in [1.54, 1.807) is 10.8 Å². The van der Waals surface area contributed by atoms with Gasteiger partial charge in [-0.15, -0.1) is 0 Å². The van der Waals surface area contributed by atoms with Crippen molar-refractivity contribution in [3.8, 4) is 11.5 Å². The molecule has 0 bridgehead atoms. The van der Waals surface area contributed by atoms with E-state index in [1.165, 1.54) is 0 Å². The second-order valence-electron chi connectivity index (χ2n) is 6.79. The number of anilines is 2. The van der Waals surface area contributed by atoms with Crippen molar-refractivity contribution in [1.29, 1.82) is 0 Å². The molecule has 4 rings (SSSR count). The number of carbonyl (C=O) groups is 1. The van der Waals surface area contributed by atoms with Crippen LogP contribution >= 0.6 is 0 Å². The molecule has 0 saturated heterocycles. The molecule has 30 heavy (non-hydrogen) atoms. The Labute approximate surface area is 172 Å². The van der Waals surface area contributed by atoms with Crippen LogP contribution in [-0.4, -0.2) is 46.1 Å². The van der Waals surface area contributed by atoms with Crippen LogP contribution in [0.5, 0.6) is 0 Å². The molecule has 3 N–H and O–H groups in total. The Morgan fingerprint density at radius 1 is 1.20 bits per heavy atom. The second-order valence-corrected chi connectivity index (χ2v) is 6.79. The van der Waals surface area contributed by atoms with Gasteiger partial charge in [0.1, 0.15) is 6.54 Å². The predicted octanol–water partition coefficient (Wildman–Crippen LogP) is 1.88. The monoisotopic (exact) mass is 404 g/mol. The van der Waals surface area contributed by atoms with Gasteiger partial charge in [-0.1, -0.05) is 24.3 Å². The van der Waals surface area contributed by atoms with E-state index in [0.717, 1.165) is 16.8 Å². The number of fused-ring (bicyclic) bond motifs is 1. The van der Waals surface area contributed by atoms with Crippen molar-refractivity contribution < 1.29 is 9.42 Å². The molecule has 2 heterocycles. The van der Waals surface area contributed by atoms with Gasteiger partial charge >= 0.3 is 0 Å². The minimum atomic E-state index is -0.324. The van der Waals surface area contributed by atoms with Gasteiger partial charge < -0.3 is 15.2 Å². The number of benzene rings is 2. The van der Waals surface area contributed by atoms with Gasteiger partial charge in [-0.3, -0.25) is 4.79 Å². The highest BCUT2D eigenvalue weighted by atomic mass is 16.6. The molecule has 2 aromatic heterocycles. The first-order chi connectivity index (χ1) is 14.5. The summed E-state index contributed by atoms with van der Waals surface area (Å²) >= 11 is 0. The third-order valence-corrected chi connectivity index (χ3v) is 4.49. The smallest absolute Gasteiger partial charge is 0.260 e. The summed E-state index contributed by atoms with van der Waals surface area (Å²) in [7, 11) is 3.94. The van der Waals surface area contributed by atoms with Crippen molar-refractivity contribution in [2.75, 3.05) is 24.7 Å². The van der Waals surface area contributed by atoms with E-state index >= 15 is 0 Å². The number of aromatic nitrogens is 4. The van der Waals surface area contributed by atoms with E-state index in [2.05, 4.69) is 30.5 Å². The number of rotatable bonds is 6. The normalized spacial score (nSPS) is 11.3. The van der Waals surface area contributed by atoms with Gasteiger partial charge in [-0.2, -0.15) is 5.10 Å². The molecule has 0 unspecified atom stereocenters. The van der Waals surface area contributed by atoms with E-state index in [0.29, 0.717) is 11.3 Å². The number of hydrazone groups is 1. The van der Waals surface area contributed by atoms with Crippen LogP contribution in [0, 0.1) is 0 Å². The number of nitrogens with one attached hydrogen (secondary N) is 1. The van der Waals surface area contributed by atoms with Crippen LogP contribution in [0.4, 0.5) is 11.5 Å². The van der Waals surface area contributed by atoms with E-state index in [4.69, 9.17) is 5.73 Å². The number of hydrogen-bond acceptors (Lipinski definition) is 8. The standard InChI is InChI=1S/C20H20N8O2/c1-27(2)14-9-7-13(8-10-14)11-22-24-17(29)12-28-16-6-4-3-5-15(16)23-20(28)18-19(21)26-30-25-18/h3-11H,12H2,1-2H3,(H2,21,26)(H,24,29). The molecule has 152 valence electrons. The lowest BCUT2D eigenvalue weighted by Gasteiger charge is -2.11. The van der Waals surface area contributed by atoms with E-state index in [-0.39, 0.29) is 24.0 Å². The van der Waals surface area contributed by atoms with Gasteiger partial charge in [0.25, 0.3) is 5.91 Å². The highest BCUT2D eigenvalue weighted by molar-refractivity contribution is 5.86. The first-order valence-corrected chi connectivity index (χ1v) is 9.16. The summed E-state index contributed by atoms with van der Waals surface area (Å²) < 4.78 is 6.38. The largest absolute Gasteiger partial charge is 0.379 e. The van der Waals surface area contributed by atoms with Gasteiger partial charge in [-0.05, 0) is 40.1 Å². The van der Waals surface area contributed by atoms with Crippen LogP contribution in [0.25, 0.3) is 22.6 Å². The third-order valence-electron chi connectivity index (χ3n) is 4.49. The molecule has 0 aliphatic carbocycles. The molecular weight excluding hydrogens is 384 g/mol. The maximum atomic E-state index is 12.5. The fourth-order valence-electron chi connectivity index (χ4n) is 2.98. The number of imidazole rings is 1. The Kier molecular flexibility index (Phi) is 5.12. The van der Waals surface area contributed by atoms with Gasteiger partial charge in [0.05, 0.1) is 17.2 Å². The van der Waals surface area contributed by atoms with Crippen LogP contribution in [0.3, 0.4) is 0 Å². The lowest BCUT2D eigenvalue weighted by atomic mass is 10.2. The van der Waals surface area contributed by atoms with Gasteiger partial charge in [0.2, 0.25) is 0 Å². The van der Waals surface area contributed by atoms with Gasteiger partial charge in [0.15, 0.2) is 17.3 Å². The zero-order valence-electron chi connectivity index (χ0n) is 16.5. The number of hydrogen-bond donors (Lipinski definition) is 2. The predicted molar refractivity (Wildman–Crippen MR) is 114 cm³/mol. The Morgan fingerprint density at radius 2 is 1.97 bits per heavy atom. The lowest BCUT2D eigenvalue weighted by Crippen LogP contribution is -2.23. The molecule has 0 atom stereocenters. The van der Waals surface area contributed by atoms with E-state index in [1.807, 2.05) is 67.5 Å². The summed E-state index contributed by atoms with van der Waals surface area (Å²) in [6.45, 7) is -0.0287. The summed E-state index contributed by atoms with van der Waals surface area (Å²) in [6, 6.07) is 15.2. The van der Waals surface area contributed by atoms with Crippen molar-refractivity contribution in [2.45, 2.75) is 6.54 Å². The molecule has 0 spiro atoms. The molecule has 0 radical (unpaired) electrons. The Morgan fingerprint density at radius 3 is 2.67 bits per heavy atom. The van der Waals surface area contributed by atoms with Crippen LogP contribution in [0.2, 0.25) is 0 Å². The SMILES string of the molecule is CN(C)c1ccc(C=NNC(=O)Cn2c(-c3nonc3N)nc3ccccc32)cc1. The van der Waals surface area contributed by atoms with Gasteiger partial charge in [-0.25, -0.2) is 15.0 Å². The second kappa shape index (κ2) is 8.03. The molecule has 0 fully saturated rings. The molecular formula is C20H20N8O2. The van der Waals surface area contributed by atoms with E-state index < -0.39 is 0 Å². The maximum Gasteiger partial charge on any atom is 0.260 e. The summed E-state index contributed by atoms with van der Waals surface area (Å²) in [5.74, 6) is 0.176. The van der Waals surface area contributed by atoms with Crippen molar-refractivity contribution in [3.05, 3.63) is 54.1 Å². The molecule has 0 aliphatic rings. The Bertz CT molecular complexity index is 1210. The minimum Gasteiger partial charge on any atom is -0.379 e. The molecule has 0 saturated carbocycles. The summed E-state index contributed by atoms with van der Waals surface area (Å²) in [5, 5.41) is 11.4. The van der Waals surface area contributed by atoms with Crippen molar-refractivity contribution in [2.24, 2.45) is 5.10 Å². The first kappa shape index (κ1) is 19.1. The van der Waals surface area contributed by atoms with Crippen LogP contribution in [0.1, 0.15) is 5.56 Å². The number of para-hydroxylation sites is 2. The highest BCUT2D eigenvalue weighted by Crippen LogP contribution is 2.26. The van der Waals surface area contributed by atoms with Crippen LogP contribution in [-0.2, 0) is 11.3 Å². The van der Waals surface area contributed by atoms with Crippen molar-refractivity contribution in [1.82, 2.24) is 25.3 Å². The molecule has 4 aromatic rings. The van der Waals surface area contributed by atoms with Crippen molar-refractivity contribution in [3.63, 3.8) is 0 Å². The topological polar surface area (TPSA) is 127 Å². The molecule has 10 heteroatoms. The fourth-order valence-corrected chi connectivity index (χ4v) is 2.98. The summed E-state index contributed by atoms with van der Waals surface area (Å²) in [6.07, 6.45) is 1.59. The Balaban J connectivity index is 1.52. The van der Waals surface area contributed by atoms with Crippen LogP contribution in [0.15, 0.2) is 58.3 Å². The molecule has 0 aliphatic heterocycles. The zero-order chi connectivity index (χ0) is 21.1. The van der Waals surface area contributed by atoms with Crippen LogP contribution < -0.4 is 16.1 Å². The molecule has 1 amide bonds. The van der Waals surface area contributed by atoms with Gasteiger partial charge in [0, 0.05) is 19.8 Å². The Hall–Kier alpha value is -4.21. The number of nitrogens with zero attached hydrogens (tertiary/aromatic N) is 6.